The molecule has 1 heterocycles. The number of aryl methyl sites for hydroxylation is 2. The van der Waals surface area contributed by atoms with Gasteiger partial charge in [-0.1, -0.05) is 30.3 Å². The molecule has 5 nitrogen and oxygen atoms in total. The minimum Gasteiger partial charge on any atom is -0.392 e. The maximum Gasteiger partial charge on any atom is 0.229 e. The molecule has 0 aliphatic heterocycles. The van der Waals surface area contributed by atoms with Crippen molar-refractivity contribution in [2.75, 3.05) is 5.32 Å². The smallest absolute Gasteiger partial charge is 0.229 e. The van der Waals surface area contributed by atoms with Crippen LogP contribution in [-0.2, 0) is 37.1 Å². The van der Waals surface area contributed by atoms with Crippen molar-refractivity contribution in [3.05, 3.63) is 74.1 Å². The lowest BCUT2D eigenvalue weighted by atomic mass is 9.48. The van der Waals surface area contributed by atoms with Crippen LogP contribution >= 0.6 is 22.6 Å². The van der Waals surface area contributed by atoms with Gasteiger partial charge in [-0.3, -0.25) is 4.79 Å². The quantitative estimate of drug-likeness (QED) is 0.319. The fraction of sp³-hybridized carbons (Fsp3) is 0.469. The van der Waals surface area contributed by atoms with Gasteiger partial charge in [-0.2, -0.15) is 0 Å². The second-order valence-corrected chi connectivity index (χ2v) is 13.7. The second kappa shape index (κ2) is 9.70. The van der Waals surface area contributed by atoms with Crippen LogP contribution in [0.5, 0.6) is 0 Å². The zero-order valence-corrected chi connectivity index (χ0v) is 23.8. The molecule has 38 heavy (non-hydrogen) atoms. The summed E-state index contributed by atoms with van der Waals surface area (Å²) in [6.45, 7) is 0.0502. The first-order valence-electron chi connectivity index (χ1n) is 14.1. The molecule has 3 aromatic rings. The zero-order chi connectivity index (χ0) is 25.9. The van der Waals surface area contributed by atoms with E-state index in [1.54, 1.807) is 0 Å². The Morgan fingerprint density at radius 3 is 2.32 bits per heavy atom. The van der Waals surface area contributed by atoms with Crippen molar-refractivity contribution in [2.45, 2.75) is 70.8 Å². The van der Waals surface area contributed by atoms with Gasteiger partial charge in [0, 0.05) is 9.13 Å². The fourth-order valence-electron chi connectivity index (χ4n) is 8.38. The molecule has 6 heteroatoms. The van der Waals surface area contributed by atoms with E-state index in [0.29, 0.717) is 17.7 Å². The van der Waals surface area contributed by atoms with E-state index >= 15 is 0 Å². The first-order valence-corrected chi connectivity index (χ1v) is 15.2. The topological polar surface area (TPSA) is 75.1 Å². The van der Waals surface area contributed by atoms with Crippen molar-refractivity contribution in [3.8, 4) is 11.3 Å². The monoisotopic (exact) mass is 619 g/mol. The predicted octanol–water partition coefficient (Wildman–Crippen LogP) is 6.28. The van der Waals surface area contributed by atoms with Gasteiger partial charge in [0.05, 0.1) is 30.1 Å². The summed E-state index contributed by atoms with van der Waals surface area (Å²) < 4.78 is 1.16. The minimum atomic E-state index is -0.0315. The van der Waals surface area contributed by atoms with Gasteiger partial charge in [0.25, 0.3) is 0 Å². The normalized spacial score (nSPS) is 26.6. The Bertz CT molecular complexity index is 1370. The average Bonchev–Trinajstić information content (AvgIpc) is 2.89. The minimum absolute atomic E-state index is 0.0315. The van der Waals surface area contributed by atoms with Crippen LogP contribution < -0.4 is 5.32 Å². The van der Waals surface area contributed by atoms with E-state index in [1.807, 2.05) is 30.3 Å². The number of hydrogen-bond donors (Lipinski definition) is 2. The maximum absolute atomic E-state index is 13.2. The van der Waals surface area contributed by atoms with Gasteiger partial charge in [0.2, 0.25) is 5.91 Å². The molecule has 0 unspecified atom stereocenters. The molecule has 1 amide bonds. The van der Waals surface area contributed by atoms with Crippen LogP contribution in [0.2, 0.25) is 0 Å². The largest absolute Gasteiger partial charge is 0.392 e. The van der Waals surface area contributed by atoms with Crippen LogP contribution in [0.4, 0.5) is 5.82 Å². The number of rotatable bonds is 6. The molecule has 0 spiro atoms. The molecule has 4 fully saturated rings. The Hall–Kier alpha value is -2.32. The molecule has 0 radical (unpaired) electrons. The Labute approximate surface area is 238 Å². The molecule has 5 aliphatic rings. The number of hydrogen-bond acceptors (Lipinski definition) is 4. The third-order valence-electron chi connectivity index (χ3n) is 9.52. The summed E-state index contributed by atoms with van der Waals surface area (Å²) in [4.78, 5) is 23.6. The Morgan fingerprint density at radius 1 is 0.947 bits per heavy atom. The molecule has 0 atom stereocenters. The van der Waals surface area contributed by atoms with E-state index in [0.717, 1.165) is 74.4 Å². The molecule has 2 aromatic carbocycles. The van der Waals surface area contributed by atoms with Crippen LogP contribution in [0.25, 0.3) is 11.3 Å². The van der Waals surface area contributed by atoms with Crippen LogP contribution in [0.15, 0.2) is 42.5 Å². The number of aromatic nitrogens is 2. The molecular weight excluding hydrogens is 585 g/mol. The summed E-state index contributed by atoms with van der Waals surface area (Å²) in [5.41, 5.74) is 7.48. The van der Waals surface area contributed by atoms with Crippen molar-refractivity contribution in [3.63, 3.8) is 0 Å². The standard InChI is InChI=1S/C32H34IN3O2/c33-25-5-1-19(2-6-25)13-29(38)36-31-28(17-32-14-21-9-22(15-32)11-23(10-21)16-32)34-30-26-7-3-20(18-37)12-24(26)4-8-27(30)35-31/h1-3,5-7,12,21-23,37H,4,8-11,13-18H2,(H,35,36,38). The molecule has 5 aliphatic carbocycles. The zero-order valence-electron chi connectivity index (χ0n) is 21.7. The number of nitrogens with one attached hydrogen (secondary N) is 1. The van der Waals surface area contributed by atoms with E-state index in [-0.39, 0.29) is 12.5 Å². The van der Waals surface area contributed by atoms with Crippen molar-refractivity contribution < 1.29 is 9.90 Å². The molecule has 0 saturated heterocycles. The highest BCUT2D eigenvalue weighted by atomic mass is 127. The van der Waals surface area contributed by atoms with Crippen LogP contribution in [0.3, 0.4) is 0 Å². The second-order valence-electron chi connectivity index (χ2n) is 12.4. The summed E-state index contributed by atoms with van der Waals surface area (Å²) in [6.07, 6.45) is 11.0. The highest BCUT2D eigenvalue weighted by Gasteiger charge is 2.51. The molecule has 8 rings (SSSR count). The van der Waals surface area contributed by atoms with E-state index in [4.69, 9.17) is 9.97 Å². The summed E-state index contributed by atoms with van der Waals surface area (Å²) in [7, 11) is 0. The van der Waals surface area contributed by atoms with Gasteiger partial charge in [-0.25, -0.2) is 9.97 Å². The van der Waals surface area contributed by atoms with Gasteiger partial charge in [-0.05, 0) is 132 Å². The molecular formula is C32H34IN3O2. The maximum atomic E-state index is 13.2. The number of anilines is 1. The molecule has 2 N–H and O–H groups in total. The summed E-state index contributed by atoms with van der Waals surface area (Å²) in [5, 5.41) is 12.8. The first kappa shape index (κ1) is 24.7. The van der Waals surface area contributed by atoms with Crippen molar-refractivity contribution >= 4 is 34.3 Å². The summed E-state index contributed by atoms with van der Waals surface area (Å²) in [6, 6.07) is 14.3. The number of halogens is 1. The molecule has 4 bridgehead atoms. The number of benzene rings is 2. The SMILES string of the molecule is O=C(Cc1ccc(I)cc1)Nc1nc2c(nc1CC13CC4CC(CC(C4)C1)C3)-c1ccc(CO)cc1CC2. The van der Waals surface area contributed by atoms with E-state index in [1.165, 1.54) is 44.1 Å². The average molecular weight is 620 g/mol. The third kappa shape index (κ3) is 4.68. The number of aliphatic hydroxyl groups is 1. The van der Waals surface area contributed by atoms with Gasteiger partial charge < -0.3 is 10.4 Å². The van der Waals surface area contributed by atoms with Gasteiger partial charge in [0.15, 0.2) is 5.82 Å². The van der Waals surface area contributed by atoms with Crippen LogP contribution in [0.1, 0.15) is 66.6 Å². The van der Waals surface area contributed by atoms with E-state index in [2.05, 4.69) is 40.0 Å². The Kier molecular flexibility index (Phi) is 6.31. The molecule has 196 valence electrons. The van der Waals surface area contributed by atoms with Crippen LogP contribution in [0, 0.1) is 26.7 Å². The van der Waals surface area contributed by atoms with Crippen molar-refractivity contribution in [1.29, 1.82) is 0 Å². The lowest BCUT2D eigenvalue weighted by Gasteiger charge is -2.57. The van der Waals surface area contributed by atoms with Crippen molar-refractivity contribution in [1.82, 2.24) is 9.97 Å². The number of fused-ring (bicyclic) bond motifs is 3. The predicted molar refractivity (Wildman–Crippen MR) is 157 cm³/mol. The lowest BCUT2D eigenvalue weighted by molar-refractivity contribution is -0.115. The lowest BCUT2D eigenvalue weighted by Crippen LogP contribution is -2.47. The molecule has 1 aromatic heterocycles. The molecule has 4 saturated carbocycles. The van der Waals surface area contributed by atoms with Gasteiger partial charge in [0.1, 0.15) is 0 Å². The Balaban J connectivity index is 1.24. The van der Waals surface area contributed by atoms with Gasteiger partial charge >= 0.3 is 0 Å². The highest BCUT2D eigenvalue weighted by Crippen LogP contribution is 2.61. The fourth-order valence-corrected chi connectivity index (χ4v) is 8.74. The number of carbonyl (C=O) groups excluding carboxylic acids is 1. The van der Waals surface area contributed by atoms with E-state index in [9.17, 15) is 9.90 Å². The summed E-state index contributed by atoms with van der Waals surface area (Å²) in [5.74, 6) is 3.23. The van der Waals surface area contributed by atoms with Crippen LogP contribution in [-0.4, -0.2) is 21.0 Å². The van der Waals surface area contributed by atoms with Gasteiger partial charge in [-0.15, -0.1) is 0 Å². The number of nitrogens with zero attached hydrogens (tertiary/aromatic N) is 2. The number of amides is 1. The first-order chi connectivity index (χ1) is 18.4. The van der Waals surface area contributed by atoms with E-state index < -0.39 is 0 Å². The van der Waals surface area contributed by atoms with Crippen molar-refractivity contribution in [2.24, 2.45) is 23.2 Å². The Morgan fingerprint density at radius 2 is 1.63 bits per heavy atom. The number of carbonyl (C=O) groups is 1. The third-order valence-corrected chi connectivity index (χ3v) is 10.2. The number of aliphatic hydroxyl groups excluding tert-OH is 1. The highest BCUT2D eigenvalue weighted by molar-refractivity contribution is 14.1. The summed E-state index contributed by atoms with van der Waals surface area (Å²) >= 11 is 2.29.